The van der Waals surface area contributed by atoms with Crippen molar-refractivity contribution in [3.63, 3.8) is 0 Å². The summed E-state index contributed by atoms with van der Waals surface area (Å²) in [5.41, 5.74) is 0. The zero-order valence-electron chi connectivity index (χ0n) is 5.09. The maximum atomic E-state index is 5.54. The van der Waals surface area contributed by atoms with E-state index in [2.05, 4.69) is 16.3 Å². The average molecular weight is 163 g/mol. The molecule has 1 rings (SSSR count). The molecule has 0 amide bonds. The van der Waals surface area contributed by atoms with Crippen LogP contribution in [-0.2, 0) is 6.42 Å². The van der Waals surface area contributed by atoms with Crippen molar-refractivity contribution in [2.24, 2.45) is 0 Å². The smallest absolute Gasteiger partial charge is 0.203 e. The van der Waals surface area contributed by atoms with E-state index >= 15 is 0 Å². The van der Waals surface area contributed by atoms with Crippen LogP contribution in [0.25, 0.3) is 0 Å². The summed E-state index contributed by atoms with van der Waals surface area (Å²) in [7, 11) is 0. The molecular weight excluding hydrogens is 156 g/mol. The van der Waals surface area contributed by atoms with E-state index in [9.17, 15) is 0 Å². The Morgan fingerprint density at radius 3 is 2.89 bits per heavy atom. The minimum atomic E-state index is 0.540. The van der Waals surface area contributed by atoms with Gasteiger partial charge in [0.25, 0.3) is 0 Å². The lowest BCUT2D eigenvalue weighted by atomic mass is 10.3. The fourth-order valence-electron chi connectivity index (χ4n) is 0.558. The van der Waals surface area contributed by atoms with E-state index in [-0.39, 0.29) is 0 Å². The Balaban J connectivity index is 2.61. The van der Waals surface area contributed by atoms with E-state index in [1.54, 1.807) is 0 Å². The van der Waals surface area contributed by atoms with Gasteiger partial charge < -0.3 is 0 Å². The van der Waals surface area contributed by atoms with Crippen LogP contribution in [0, 0.1) is 0 Å². The molecule has 0 spiro atoms. The molecule has 50 valence electrons. The monoisotopic (exact) mass is 162 g/mol. The van der Waals surface area contributed by atoms with Crippen LogP contribution in [0.15, 0.2) is 0 Å². The first-order chi connectivity index (χ1) is 4.33. The minimum Gasteiger partial charge on any atom is -0.208 e. The van der Waals surface area contributed by atoms with Gasteiger partial charge in [-0.25, -0.2) is 4.98 Å². The second kappa shape index (κ2) is 3.13. The summed E-state index contributed by atoms with van der Waals surface area (Å²) in [6.45, 7) is 2.09. The third-order valence-corrected chi connectivity index (χ3v) is 1.75. The summed E-state index contributed by atoms with van der Waals surface area (Å²) < 4.78 is 4.54. The lowest BCUT2D eigenvalue weighted by molar-refractivity contribution is 0.861. The first-order valence-electron chi connectivity index (χ1n) is 2.81. The molecule has 0 aromatic carbocycles. The van der Waals surface area contributed by atoms with Crippen molar-refractivity contribution in [3.8, 4) is 0 Å². The fourth-order valence-corrected chi connectivity index (χ4v) is 1.22. The highest BCUT2D eigenvalue weighted by molar-refractivity contribution is 7.10. The molecule has 1 heterocycles. The number of rotatable bonds is 2. The quantitative estimate of drug-likeness (QED) is 0.666. The molecule has 0 saturated heterocycles. The van der Waals surface area contributed by atoms with Gasteiger partial charge in [0.1, 0.15) is 5.82 Å². The molecule has 0 atom stereocenters. The highest BCUT2D eigenvalue weighted by Crippen LogP contribution is 2.11. The number of hydrogen-bond donors (Lipinski definition) is 0. The highest BCUT2D eigenvalue weighted by Gasteiger charge is 1.97. The standard InChI is InChI=1S/C5H7ClN2S/c1-2-3-4-7-5(6)9-8-4/h2-3H2,1H3. The Hall–Kier alpha value is -0.150. The summed E-state index contributed by atoms with van der Waals surface area (Å²) >= 11 is 6.79. The Bertz CT molecular complexity index is 187. The van der Waals surface area contributed by atoms with Crippen LogP contribution >= 0.6 is 23.1 Å². The van der Waals surface area contributed by atoms with Crippen LogP contribution in [-0.4, -0.2) is 9.36 Å². The summed E-state index contributed by atoms with van der Waals surface area (Å²) in [5, 5.41) is 0. The van der Waals surface area contributed by atoms with Gasteiger partial charge in [0.05, 0.1) is 0 Å². The van der Waals surface area contributed by atoms with Crippen LogP contribution in [0.1, 0.15) is 19.2 Å². The first-order valence-corrected chi connectivity index (χ1v) is 3.96. The third-order valence-electron chi connectivity index (χ3n) is 0.917. The maximum absolute atomic E-state index is 5.54. The number of aryl methyl sites for hydroxylation is 1. The van der Waals surface area contributed by atoms with E-state index < -0.39 is 0 Å². The van der Waals surface area contributed by atoms with Crippen molar-refractivity contribution >= 4 is 23.1 Å². The molecule has 1 aromatic heterocycles. The molecule has 9 heavy (non-hydrogen) atoms. The molecule has 0 aliphatic heterocycles. The molecule has 0 saturated carbocycles. The predicted octanol–water partition coefficient (Wildman–Crippen LogP) is 2.14. The molecule has 0 fully saturated rings. The number of halogens is 1. The van der Waals surface area contributed by atoms with Gasteiger partial charge in [-0.15, -0.1) is 0 Å². The van der Waals surface area contributed by atoms with E-state index in [1.165, 1.54) is 11.5 Å². The van der Waals surface area contributed by atoms with Crippen molar-refractivity contribution in [2.45, 2.75) is 19.8 Å². The number of hydrogen-bond acceptors (Lipinski definition) is 3. The largest absolute Gasteiger partial charge is 0.208 e. The van der Waals surface area contributed by atoms with Crippen LogP contribution in [0.3, 0.4) is 0 Å². The van der Waals surface area contributed by atoms with E-state index in [0.29, 0.717) is 4.47 Å². The Morgan fingerprint density at radius 2 is 2.44 bits per heavy atom. The van der Waals surface area contributed by atoms with Crippen LogP contribution in [0.4, 0.5) is 0 Å². The molecule has 0 bridgehead atoms. The van der Waals surface area contributed by atoms with Gasteiger partial charge in [0.15, 0.2) is 0 Å². The van der Waals surface area contributed by atoms with Gasteiger partial charge in [0, 0.05) is 6.42 Å². The molecule has 0 aliphatic carbocycles. The van der Waals surface area contributed by atoms with Crippen molar-refractivity contribution in [2.75, 3.05) is 0 Å². The van der Waals surface area contributed by atoms with Gasteiger partial charge >= 0.3 is 0 Å². The predicted molar refractivity (Wildman–Crippen MR) is 38.9 cm³/mol. The number of aromatic nitrogens is 2. The SMILES string of the molecule is CCCc1nsc(Cl)n1. The van der Waals surface area contributed by atoms with Crippen molar-refractivity contribution in [3.05, 3.63) is 10.3 Å². The zero-order valence-corrected chi connectivity index (χ0v) is 6.67. The summed E-state index contributed by atoms with van der Waals surface area (Å²) in [6.07, 6.45) is 2.01. The van der Waals surface area contributed by atoms with Gasteiger partial charge in [-0.3, -0.25) is 0 Å². The highest BCUT2D eigenvalue weighted by atomic mass is 35.5. The lowest BCUT2D eigenvalue weighted by Gasteiger charge is -1.83. The molecule has 0 radical (unpaired) electrons. The van der Waals surface area contributed by atoms with Crippen LogP contribution in [0.5, 0.6) is 0 Å². The fraction of sp³-hybridized carbons (Fsp3) is 0.600. The van der Waals surface area contributed by atoms with Crippen LogP contribution < -0.4 is 0 Å². The second-order valence-electron chi connectivity index (χ2n) is 1.71. The third kappa shape index (κ3) is 1.91. The van der Waals surface area contributed by atoms with E-state index in [0.717, 1.165) is 18.7 Å². The molecule has 2 nitrogen and oxygen atoms in total. The van der Waals surface area contributed by atoms with E-state index in [1.807, 2.05) is 0 Å². The Labute approximate surface area is 63.1 Å². The molecular formula is C5H7ClN2S. The van der Waals surface area contributed by atoms with Crippen molar-refractivity contribution in [1.29, 1.82) is 0 Å². The normalized spacial score (nSPS) is 10.0. The lowest BCUT2D eigenvalue weighted by Crippen LogP contribution is -1.83. The first kappa shape index (κ1) is 6.96. The molecule has 1 aromatic rings. The molecule has 0 aliphatic rings. The topological polar surface area (TPSA) is 25.8 Å². The van der Waals surface area contributed by atoms with Gasteiger partial charge in [0.2, 0.25) is 4.47 Å². The molecule has 0 unspecified atom stereocenters. The minimum absolute atomic E-state index is 0.540. The summed E-state index contributed by atoms with van der Waals surface area (Å²) in [4.78, 5) is 3.97. The van der Waals surface area contributed by atoms with Crippen molar-refractivity contribution in [1.82, 2.24) is 9.36 Å². The van der Waals surface area contributed by atoms with Gasteiger partial charge in [-0.1, -0.05) is 6.92 Å². The summed E-state index contributed by atoms with van der Waals surface area (Å²) in [6, 6.07) is 0. The van der Waals surface area contributed by atoms with Gasteiger partial charge in [-0.05, 0) is 29.6 Å². The number of nitrogens with zero attached hydrogens (tertiary/aromatic N) is 2. The zero-order chi connectivity index (χ0) is 6.69. The maximum Gasteiger partial charge on any atom is 0.203 e. The molecule has 0 N–H and O–H groups in total. The average Bonchev–Trinajstić information content (AvgIpc) is 2.17. The Kier molecular flexibility index (Phi) is 2.42. The second-order valence-corrected chi connectivity index (χ2v) is 3.05. The van der Waals surface area contributed by atoms with Crippen LogP contribution in [0.2, 0.25) is 4.47 Å². The Morgan fingerprint density at radius 1 is 1.67 bits per heavy atom. The summed E-state index contributed by atoms with van der Waals surface area (Å²) in [5.74, 6) is 0.868. The molecule has 4 heteroatoms. The van der Waals surface area contributed by atoms with Crippen molar-refractivity contribution < 1.29 is 0 Å². The van der Waals surface area contributed by atoms with Gasteiger partial charge in [-0.2, -0.15) is 4.37 Å². The van der Waals surface area contributed by atoms with E-state index in [4.69, 9.17) is 11.6 Å².